The molecule has 0 bridgehead atoms. The van der Waals surface area contributed by atoms with Crippen molar-refractivity contribution in [3.63, 3.8) is 0 Å². The van der Waals surface area contributed by atoms with Gasteiger partial charge in [-0.1, -0.05) is 25.7 Å². The Balaban J connectivity index is 0. The maximum absolute atomic E-state index is 11.5. The summed E-state index contributed by atoms with van der Waals surface area (Å²) in [7, 11) is 0. The third-order valence-corrected chi connectivity index (χ3v) is 4.23. The fourth-order valence-electron chi connectivity index (χ4n) is 1.51. The number of hydrogen-bond donors (Lipinski definition) is 2. The monoisotopic (exact) mass is 428 g/mol. The fraction of sp³-hybridized carbons (Fsp3) is 0.591. The minimum atomic E-state index is -0.725. The van der Waals surface area contributed by atoms with Gasteiger partial charge in [-0.15, -0.1) is 0 Å². The maximum atomic E-state index is 11.5. The molecule has 0 aromatic carbocycles. The molecule has 0 atom stereocenters. The van der Waals surface area contributed by atoms with Crippen molar-refractivity contribution in [2.45, 2.75) is 48.0 Å². The molecule has 0 aromatic rings. The van der Waals surface area contributed by atoms with Gasteiger partial charge < -0.3 is 24.4 Å². The summed E-state index contributed by atoms with van der Waals surface area (Å²) in [4.78, 5) is 33.2. The first-order valence-corrected chi connectivity index (χ1v) is 9.55. The van der Waals surface area contributed by atoms with Crippen molar-refractivity contribution in [1.82, 2.24) is 0 Å². The van der Waals surface area contributed by atoms with E-state index in [0.29, 0.717) is 23.1 Å². The Morgan fingerprint density at radius 3 is 1.43 bits per heavy atom. The van der Waals surface area contributed by atoms with Crippen molar-refractivity contribution in [3.05, 3.63) is 35.5 Å². The van der Waals surface area contributed by atoms with Gasteiger partial charge in [-0.05, 0) is 41.0 Å². The highest BCUT2D eigenvalue weighted by molar-refractivity contribution is 5.88. The lowest BCUT2D eigenvalue weighted by molar-refractivity contribution is -0.147. The van der Waals surface area contributed by atoms with Gasteiger partial charge in [0.1, 0.15) is 19.8 Å². The number of aliphatic hydroxyl groups is 2. The van der Waals surface area contributed by atoms with Gasteiger partial charge in [-0.2, -0.15) is 0 Å². The van der Waals surface area contributed by atoms with Crippen LogP contribution >= 0.6 is 0 Å². The van der Waals surface area contributed by atoms with Gasteiger partial charge in [0.05, 0.1) is 18.6 Å². The molecule has 0 saturated heterocycles. The van der Waals surface area contributed by atoms with Crippen LogP contribution in [0.5, 0.6) is 0 Å². The lowest BCUT2D eigenvalue weighted by Gasteiger charge is -2.27. The van der Waals surface area contributed by atoms with E-state index in [4.69, 9.17) is 4.74 Å². The van der Waals surface area contributed by atoms with Crippen molar-refractivity contribution in [3.8, 4) is 0 Å². The van der Waals surface area contributed by atoms with Crippen LogP contribution in [0.3, 0.4) is 0 Å². The maximum Gasteiger partial charge on any atom is 0.333 e. The van der Waals surface area contributed by atoms with Crippen LogP contribution in [0.4, 0.5) is 0 Å². The Morgan fingerprint density at radius 1 is 0.767 bits per heavy atom. The van der Waals surface area contributed by atoms with E-state index in [9.17, 15) is 24.6 Å². The molecule has 0 spiro atoms. The molecule has 0 aliphatic carbocycles. The molecule has 8 heteroatoms. The van der Waals surface area contributed by atoms with Gasteiger partial charge in [0.2, 0.25) is 0 Å². The molecule has 2 N–H and O–H groups in total. The number of esters is 3. The van der Waals surface area contributed by atoms with Crippen LogP contribution in [0.25, 0.3) is 0 Å². The van der Waals surface area contributed by atoms with E-state index < -0.39 is 17.4 Å². The fourth-order valence-corrected chi connectivity index (χ4v) is 1.51. The van der Waals surface area contributed by atoms with E-state index in [1.165, 1.54) is 0 Å². The van der Waals surface area contributed by atoms with Crippen LogP contribution in [-0.4, -0.2) is 61.2 Å². The standard InChI is InChI=1S/C12H22O4.C10H14O4/c1-5-12(6-13,7-14)8-16-11(15)10(4)9(2)3;1-7(2)9(11)13-5-6-14-10(12)8(3)4/h13-14H,5-8H2,1-4H3;1,3,5-6H2,2,4H3. The second kappa shape index (κ2) is 15.4. The predicted molar refractivity (Wildman–Crippen MR) is 113 cm³/mol. The molecule has 0 saturated carbocycles. The van der Waals surface area contributed by atoms with Crippen molar-refractivity contribution in [2.24, 2.45) is 5.41 Å². The molecular weight excluding hydrogens is 392 g/mol. The zero-order valence-corrected chi connectivity index (χ0v) is 19.0. The second-order valence-electron chi connectivity index (χ2n) is 7.20. The van der Waals surface area contributed by atoms with Crippen LogP contribution in [0.2, 0.25) is 0 Å². The van der Waals surface area contributed by atoms with Crippen LogP contribution in [-0.2, 0) is 28.6 Å². The largest absolute Gasteiger partial charge is 0.462 e. The van der Waals surface area contributed by atoms with Crippen LogP contribution < -0.4 is 0 Å². The van der Waals surface area contributed by atoms with E-state index in [1.54, 1.807) is 20.8 Å². The molecular formula is C22H36O8. The van der Waals surface area contributed by atoms with Crippen molar-refractivity contribution >= 4 is 17.9 Å². The molecule has 0 aliphatic heterocycles. The van der Waals surface area contributed by atoms with Gasteiger partial charge in [0.25, 0.3) is 0 Å². The topological polar surface area (TPSA) is 119 Å². The number of ether oxygens (including phenoxy) is 3. The first-order chi connectivity index (χ1) is 13.9. The van der Waals surface area contributed by atoms with Gasteiger partial charge in [0, 0.05) is 16.7 Å². The highest BCUT2D eigenvalue weighted by Crippen LogP contribution is 2.21. The average molecular weight is 429 g/mol. The number of allylic oxidation sites excluding steroid dienone is 1. The van der Waals surface area contributed by atoms with Crippen LogP contribution in [0.15, 0.2) is 35.5 Å². The molecule has 0 radical (unpaired) electrons. The van der Waals surface area contributed by atoms with Gasteiger partial charge in [0.15, 0.2) is 0 Å². The zero-order valence-electron chi connectivity index (χ0n) is 19.0. The summed E-state index contributed by atoms with van der Waals surface area (Å²) in [5.41, 5.74) is 1.38. The highest BCUT2D eigenvalue weighted by atomic mass is 16.6. The molecule has 0 amide bonds. The summed E-state index contributed by atoms with van der Waals surface area (Å²) in [5.74, 6) is -1.37. The summed E-state index contributed by atoms with van der Waals surface area (Å²) < 4.78 is 14.5. The normalized spacial score (nSPS) is 10.1. The Labute approximate surface area is 179 Å². The number of carbonyl (C=O) groups excluding carboxylic acids is 3. The van der Waals surface area contributed by atoms with E-state index in [0.717, 1.165) is 5.57 Å². The molecule has 0 rings (SSSR count). The average Bonchev–Trinajstić information content (AvgIpc) is 2.71. The lowest BCUT2D eigenvalue weighted by atomic mass is 9.88. The Hall–Kier alpha value is -2.45. The Bertz CT molecular complexity index is 601. The zero-order chi connectivity index (χ0) is 23.9. The molecule has 0 unspecified atom stereocenters. The van der Waals surface area contributed by atoms with E-state index in [-0.39, 0.29) is 39.0 Å². The van der Waals surface area contributed by atoms with Gasteiger partial charge >= 0.3 is 17.9 Å². The van der Waals surface area contributed by atoms with Crippen molar-refractivity contribution in [2.75, 3.05) is 33.0 Å². The quantitative estimate of drug-likeness (QED) is 0.223. The summed E-state index contributed by atoms with van der Waals surface area (Å²) in [6.07, 6.45) is 0.557. The minimum absolute atomic E-state index is 0.0325. The second-order valence-corrected chi connectivity index (χ2v) is 7.20. The summed E-state index contributed by atoms with van der Waals surface area (Å²) in [6.45, 7) is 16.8. The molecule has 0 heterocycles. The predicted octanol–water partition coefficient (Wildman–Crippen LogP) is 2.49. The van der Waals surface area contributed by atoms with Crippen LogP contribution in [0, 0.1) is 5.41 Å². The van der Waals surface area contributed by atoms with E-state index in [2.05, 4.69) is 22.6 Å². The molecule has 0 aromatic heterocycles. The van der Waals surface area contributed by atoms with Gasteiger partial charge in [-0.25, -0.2) is 14.4 Å². The minimum Gasteiger partial charge on any atom is -0.462 e. The molecule has 0 aliphatic rings. The highest BCUT2D eigenvalue weighted by Gasteiger charge is 2.28. The molecule has 30 heavy (non-hydrogen) atoms. The first kappa shape index (κ1) is 29.7. The summed E-state index contributed by atoms with van der Waals surface area (Å²) in [6, 6.07) is 0. The summed E-state index contributed by atoms with van der Waals surface area (Å²) >= 11 is 0. The summed E-state index contributed by atoms with van der Waals surface area (Å²) in [5, 5.41) is 18.3. The number of carbonyl (C=O) groups is 3. The number of rotatable bonds is 11. The van der Waals surface area contributed by atoms with E-state index >= 15 is 0 Å². The number of aliphatic hydroxyl groups excluding tert-OH is 2. The molecule has 0 fully saturated rings. The molecule has 172 valence electrons. The smallest absolute Gasteiger partial charge is 0.333 e. The van der Waals surface area contributed by atoms with Crippen LogP contribution in [0.1, 0.15) is 48.0 Å². The Morgan fingerprint density at radius 2 is 1.17 bits per heavy atom. The third kappa shape index (κ3) is 12.2. The first-order valence-electron chi connectivity index (χ1n) is 9.55. The lowest BCUT2D eigenvalue weighted by Crippen LogP contribution is -2.35. The van der Waals surface area contributed by atoms with Crippen molar-refractivity contribution < 1.29 is 38.8 Å². The molecule has 8 nitrogen and oxygen atoms in total. The third-order valence-electron chi connectivity index (χ3n) is 4.23. The Kier molecular flexibility index (Phi) is 15.3. The van der Waals surface area contributed by atoms with E-state index in [1.807, 2.05) is 20.8 Å². The SMILES string of the molecule is C=C(C)C(=O)OCCOC(=O)C(=C)C.CCC(CO)(CO)COC(=O)C(C)=C(C)C. The van der Waals surface area contributed by atoms with Gasteiger partial charge in [-0.3, -0.25) is 0 Å². The van der Waals surface area contributed by atoms with Crippen molar-refractivity contribution in [1.29, 1.82) is 0 Å². The number of hydrogen-bond acceptors (Lipinski definition) is 8.